The monoisotopic (exact) mass is 331 g/mol. The minimum Gasteiger partial charge on any atom is -0.434 e. The summed E-state index contributed by atoms with van der Waals surface area (Å²) in [6.07, 6.45) is 0. The fourth-order valence-electron chi connectivity index (χ4n) is 1.79. The number of thiophene rings is 1. The van der Waals surface area contributed by atoms with E-state index < -0.39 is 12.5 Å². The van der Waals surface area contributed by atoms with Gasteiger partial charge in [-0.05, 0) is 24.3 Å². The first-order valence-corrected chi connectivity index (χ1v) is 7.20. The highest BCUT2D eigenvalue weighted by Gasteiger charge is 2.19. The van der Waals surface area contributed by atoms with Crippen molar-refractivity contribution >= 4 is 28.8 Å². The number of alkyl halides is 2. The van der Waals surface area contributed by atoms with Crippen LogP contribution in [-0.4, -0.2) is 24.5 Å². The van der Waals surface area contributed by atoms with E-state index in [4.69, 9.17) is 11.6 Å². The molecule has 0 atom stereocenters. The molecule has 0 fully saturated rings. The molecular weight excluding hydrogens is 320 g/mol. The molecule has 0 aliphatic carbocycles. The molecule has 0 unspecified atom stereocenters. The van der Waals surface area contributed by atoms with Crippen LogP contribution in [-0.2, 0) is 6.54 Å². The van der Waals surface area contributed by atoms with Crippen molar-refractivity contribution in [1.82, 2.24) is 4.90 Å². The lowest BCUT2D eigenvalue weighted by Crippen LogP contribution is -2.26. The van der Waals surface area contributed by atoms with Gasteiger partial charge in [-0.25, -0.2) is 0 Å². The van der Waals surface area contributed by atoms with E-state index in [2.05, 4.69) is 4.74 Å². The molecule has 3 nitrogen and oxygen atoms in total. The minimum absolute atomic E-state index is 0.1000. The van der Waals surface area contributed by atoms with Gasteiger partial charge in [-0.1, -0.05) is 23.7 Å². The highest BCUT2D eigenvalue weighted by Crippen LogP contribution is 2.25. The van der Waals surface area contributed by atoms with Crippen molar-refractivity contribution in [2.24, 2.45) is 0 Å². The first kappa shape index (κ1) is 15.7. The summed E-state index contributed by atoms with van der Waals surface area (Å²) in [5.74, 6) is -0.524. The summed E-state index contributed by atoms with van der Waals surface area (Å²) in [5.41, 5.74) is 0.1000. The number of hydrogen-bond donors (Lipinski definition) is 0. The number of carbonyl (C=O) groups is 1. The Morgan fingerprint density at radius 3 is 2.67 bits per heavy atom. The summed E-state index contributed by atoms with van der Waals surface area (Å²) >= 11 is 7.20. The lowest BCUT2D eigenvalue weighted by atomic mass is 10.1. The average molecular weight is 332 g/mol. The number of para-hydroxylation sites is 1. The number of ether oxygens (including phenoxy) is 1. The molecule has 0 saturated heterocycles. The first-order chi connectivity index (χ1) is 9.97. The largest absolute Gasteiger partial charge is 0.434 e. The Bertz CT molecular complexity index is 633. The Labute approximate surface area is 129 Å². The number of carbonyl (C=O) groups excluding carboxylic acids is 1. The van der Waals surface area contributed by atoms with Gasteiger partial charge >= 0.3 is 6.61 Å². The van der Waals surface area contributed by atoms with E-state index in [1.54, 1.807) is 19.2 Å². The lowest BCUT2D eigenvalue weighted by Gasteiger charge is -2.18. The number of amides is 1. The molecule has 2 aromatic rings. The van der Waals surface area contributed by atoms with Crippen LogP contribution in [0, 0.1) is 0 Å². The average Bonchev–Trinajstić information content (AvgIpc) is 2.83. The van der Waals surface area contributed by atoms with Crippen LogP contribution in [0.1, 0.15) is 15.2 Å². The molecule has 0 aliphatic heterocycles. The molecule has 0 aliphatic rings. The predicted molar refractivity (Wildman–Crippen MR) is 78.2 cm³/mol. The smallest absolute Gasteiger partial charge is 0.387 e. The first-order valence-electron chi connectivity index (χ1n) is 6.01. The van der Waals surface area contributed by atoms with E-state index in [0.29, 0.717) is 10.9 Å². The molecule has 21 heavy (non-hydrogen) atoms. The molecule has 1 aromatic heterocycles. The summed E-state index contributed by atoms with van der Waals surface area (Å²) in [6, 6.07) is 9.49. The topological polar surface area (TPSA) is 29.5 Å². The second kappa shape index (κ2) is 6.87. The normalized spacial score (nSPS) is 10.7. The van der Waals surface area contributed by atoms with Gasteiger partial charge in [0, 0.05) is 11.9 Å². The van der Waals surface area contributed by atoms with Crippen molar-refractivity contribution in [3.05, 3.63) is 51.2 Å². The zero-order chi connectivity index (χ0) is 15.4. The summed E-state index contributed by atoms with van der Waals surface area (Å²) in [5, 5.41) is 0. The van der Waals surface area contributed by atoms with Crippen LogP contribution in [0.2, 0.25) is 4.34 Å². The molecule has 1 amide bonds. The molecule has 2 rings (SSSR count). The van der Waals surface area contributed by atoms with Gasteiger partial charge in [0.2, 0.25) is 0 Å². The van der Waals surface area contributed by atoms with Crippen LogP contribution in [0.5, 0.6) is 5.75 Å². The fourth-order valence-corrected chi connectivity index (χ4v) is 2.93. The number of halogens is 3. The zero-order valence-electron chi connectivity index (χ0n) is 11.1. The molecular formula is C14H12ClF2NO2S. The quantitative estimate of drug-likeness (QED) is 0.818. The Morgan fingerprint density at radius 1 is 1.33 bits per heavy atom. The van der Waals surface area contributed by atoms with Crippen LogP contribution in [0.4, 0.5) is 8.78 Å². The Hall–Kier alpha value is -1.66. The highest BCUT2D eigenvalue weighted by atomic mass is 35.5. The van der Waals surface area contributed by atoms with E-state index in [-0.39, 0.29) is 11.3 Å². The molecule has 0 radical (unpaired) electrons. The lowest BCUT2D eigenvalue weighted by molar-refractivity contribution is -0.0502. The summed E-state index contributed by atoms with van der Waals surface area (Å²) in [7, 11) is 1.59. The van der Waals surface area contributed by atoms with Gasteiger partial charge in [0.15, 0.2) is 0 Å². The van der Waals surface area contributed by atoms with E-state index in [0.717, 1.165) is 4.88 Å². The molecule has 0 bridgehead atoms. The standard InChI is InChI=1S/C14H12ClF2NO2S/c1-18(8-9-6-7-12(15)21-9)13(19)10-4-2-3-5-11(10)20-14(16)17/h2-7,14H,8H2,1H3. The maximum Gasteiger partial charge on any atom is 0.387 e. The molecule has 7 heteroatoms. The molecule has 1 heterocycles. The Balaban J connectivity index is 2.15. The third-order valence-corrected chi connectivity index (χ3v) is 3.92. The maximum absolute atomic E-state index is 12.4. The molecule has 0 spiro atoms. The van der Waals surface area contributed by atoms with E-state index >= 15 is 0 Å². The van der Waals surface area contributed by atoms with Crippen molar-refractivity contribution in [2.45, 2.75) is 13.2 Å². The van der Waals surface area contributed by atoms with E-state index in [1.807, 2.05) is 6.07 Å². The van der Waals surface area contributed by atoms with Gasteiger partial charge < -0.3 is 9.64 Å². The van der Waals surface area contributed by atoms with Gasteiger partial charge in [0.05, 0.1) is 16.4 Å². The van der Waals surface area contributed by atoms with Crippen LogP contribution >= 0.6 is 22.9 Å². The summed E-state index contributed by atoms with van der Waals surface area (Å²) in [4.78, 5) is 14.7. The van der Waals surface area contributed by atoms with Gasteiger partial charge in [0.1, 0.15) is 5.75 Å². The molecule has 112 valence electrons. The second-order valence-corrected chi connectivity index (χ2v) is 6.04. The predicted octanol–water partition coefficient (Wildman–Crippen LogP) is 4.28. The number of hydrogen-bond acceptors (Lipinski definition) is 3. The van der Waals surface area contributed by atoms with Gasteiger partial charge in [-0.15, -0.1) is 11.3 Å². The minimum atomic E-state index is -2.97. The third-order valence-electron chi connectivity index (χ3n) is 2.70. The molecule has 0 saturated carbocycles. The van der Waals surface area contributed by atoms with Gasteiger partial charge in [-0.2, -0.15) is 8.78 Å². The maximum atomic E-state index is 12.4. The number of nitrogens with zero attached hydrogens (tertiary/aromatic N) is 1. The van der Waals surface area contributed by atoms with Crippen LogP contribution in [0.15, 0.2) is 36.4 Å². The van der Waals surface area contributed by atoms with Crippen molar-refractivity contribution in [3.63, 3.8) is 0 Å². The van der Waals surface area contributed by atoms with Crippen molar-refractivity contribution in [1.29, 1.82) is 0 Å². The molecule has 1 aromatic carbocycles. The van der Waals surface area contributed by atoms with Crippen molar-refractivity contribution in [2.75, 3.05) is 7.05 Å². The van der Waals surface area contributed by atoms with E-state index in [9.17, 15) is 13.6 Å². The SMILES string of the molecule is CN(Cc1ccc(Cl)s1)C(=O)c1ccccc1OC(F)F. The van der Waals surface area contributed by atoms with Crippen molar-refractivity contribution < 1.29 is 18.3 Å². The van der Waals surface area contributed by atoms with E-state index in [1.165, 1.54) is 34.4 Å². The Morgan fingerprint density at radius 2 is 2.05 bits per heavy atom. The van der Waals surface area contributed by atoms with Crippen LogP contribution < -0.4 is 4.74 Å². The highest BCUT2D eigenvalue weighted by molar-refractivity contribution is 7.16. The summed E-state index contributed by atoms with van der Waals surface area (Å²) in [6.45, 7) is -2.63. The van der Waals surface area contributed by atoms with Gasteiger partial charge in [0.25, 0.3) is 5.91 Å². The Kier molecular flexibility index (Phi) is 5.14. The zero-order valence-corrected chi connectivity index (χ0v) is 12.6. The fraction of sp³-hybridized carbons (Fsp3) is 0.214. The second-order valence-electron chi connectivity index (χ2n) is 4.24. The molecule has 0 N–H and O–H groups in total. The van der Waals surface area contributed by atoms with Crippen molar-refractivity contribution in [3.8, 4) is 5.75 Å². The third kappa shape index (κ3) is 4.15. The van der Waals surface area contributed by atoms with Gasteiger partial charge in [-0.3, -0.25) is 4.79 Å². The number of benzene rings is 1. The van der Waals surface area contributed by atoms with Crippen LogP contribution in [0.25, 0.3) is 0 Å². The summed E-state index contributed by atoms with van der Waals surface area (Å²) < 4.78 is 29.7. The number of rotatable bonds is 5. The van der Waals surface area contributed by atoms with Crippen LogP contribution in [0.3, 0.4) is 0 Å².